The fourth-order valence-electron chi connectivity index (χ4n) is 3.46. The summed E-state index contributed by atoms with van der Waals surface area (Å²) in [4.78, 5) is 24.8. The number of alkyl halides is 3. The maximum atomic E-state index is 13.1. The number of hydrogen-bond acceptors (Lipinski definition) is 5. The first-order valence-electron chi connectivity index (χ1n) is 9.55. The number of nitrogens with one attached hydrogen (secondary N) is 1. The fraction of sp³-hybridized carbons (Fsp3) is 0.400. The number of carbonyl (C=O) groups excluding carboxylic acids is 1. The number of fused-ring (bicyclic) bond motifs is 1. The molecule has 3 aromatic rings. The molecule has 2 N–H and O–H groups in total. The van der Waals surface area contributed by atoms with Crippen LogP contribution in [-0.2, 0) is 16.6 Å². The number of amides is 1. The summed E-state index contributed by atoms with van der Waals surface area (Å²) in [5.41, 5.74) is -1.83. The van der Waals surface area contributed by atoms with Gasteiger partial charge in [-0.3, -0.25) is 19.7 Å². The summed E-state index contributed by atoms with van der Waals surface area (Å²) in [5.74, 6) is -0.402. The number of nitrogens with zero attached hydrogens (tertiary/aromatic N) is 4. The number of aromatic nitrogens is 4. The Morgan fingerprint density at radius 2 is 1.97 bits per heavy atom. The largest absolute Gasteiger partial charge is 0.433 e. The molecule has 158 valence electrons. The zero-order valence-electron chi connectivity index (χ0n) is 16.1. The molecular weight excluding hydrogens is 399 g/mol. The molecule has 1 atom stereocenters. The Bertz CT molecular complexity index is 1080. The number of halogens is 3. The van der Waals surface area contributed by atoms with E-state index in [0.717, 1.165) is 25.3 Å². The second kappa shape index (κ2) is 7.35. The van der Waals surface area contributed by atoms with Crippen molar-refractivity contribution in [3.8, 4) is 0 Å². The van der Waals surface area contributed by atoms with Gasteiger partial charge in [0.05, 0.1) is 12.1 Å². The van der Waals surface area contributed by atoms with Crippen molar-refractivity contribution in [2.75, 3.05) is 5.32 Å². The molecule has 10 heteroatoms. The molecule has 1 fully saturated rings. The summed E-state index contributed by atoms with van der Waals surface area (Å²) >= 11 is 0. The molecule has 0 spiro atoms. The quantitative estimate of drug-likeness (QED) is 0.656. The number of rotatable bonds is 5. The molecule has 1 aliphatic rings. The SMILES string of the molecule is C[C@@](O)(CC(=O)Nc1nc2ccc(C(F)(F)F)nc2n1C1CCC1)c1ccccn1. The Morgan fingerprint density at radius 1 is 1.20 bits per heavy atom. The van der Waals surface area contributed by atoms with E-state index >= 15 is 0 Å². The summed E-state index contributed by atoms with van der Waals surface area (Å²) in [7, 11) is 0. The van der Waals surface area contributed by atoms with Crippen LogP contribution in [0.25, 0.3) is 11.2 Å². The number of anilines is 1. The van der Waals surface area contributed by atoms with Crippen molar-refractivity contribution in [2.24, 2.45) is 0 Å². The van der Waals surface area contributed by atoms with E-state index in [9.17, 15) is 23.1 Å². The van der Waals surface area contributed by atoms with Crippen LogP contribution in [0.5, 0.6) is 0 Å². The second-order valence-corrected chi connectivity index (χ2v) is 7.64. The highest BCUT2D eigenvalue weighted by molar-refractivity contribution is 5.91. The van der Waals surface area contributed by atoms with Crippen molar-refractivity contribution < 1.29 is 23.1 Å². The van der Waals surface area contributed by atoms with E-state index in [1.807, 2.05) is 0 Å². The van der Waals surface area contributed by atoms with Crippen molar-refractivity contribution in [1.82, 2.24) is 19.5 Å². The lowest BCUT2D eigenvalue weighted by Gasteiger charge is -2.29. The van der Waals surface area contributed by atoms with Crippen molar-refractivity contribution in [1.29, 1.82) is 0 Å². The molecule has 30 heavy (non-hydrogen) atoms. The lowest BCUT2D eigenvalue weighted by atomic mass is 9.93. The van der Waals surface area contributed by atoms with Crippen molar-refractivity contribution in [3.63, 3.8) is 0 Å². The molecule has 0 saturated heterocycles. The van der Waals surface area contributed by atoms with E-state index in [-0.39, 0.29) is 29.6 Å². The lowest BCUT2D eigenvalue weighted by molar-refractivity contribution is -0.141. The Kier molecular flexibility index (Phi) is 4.97. The molecule has 1 saturated carbocycles. The molecule has 0 radical (unpaired) electrons. The zero-order valence-corrected chi connectivity index (χ0v) is 16.1. The van der Waals surface area contributed by atoms with Crippen LogP contribution in [0.4, 0.5) is 19.1 Å². The maximum absolute atomic E-state index is 13.1. The van der Waals surface area contributed by atoms with Crippen LogP contribution < -0.4 is 5.32 Å². The van der Waals surface area contributed by atoms with Crippen molar-refractivity contribution in [3.05, 3.63) is 47.9 Å². The molecule has 1 amide bonds. The van der Waals surface area contributed by atoms with Gasteiger partial charge in [-0.05, 0) is 50.5 Å². The first-order valence-corrected chi connectivity index (χ1v) is 9.55. The molecule has 1 aliphatic carbocycles. The minimum Gasteiger partial charge on any atom is -0.383 e. The van der Waals surface area contributed by atoms with Gasteiger partial charge < -0.3 is 5.11 Å². The molecule has 0 unspecified atom stereocenters. The van der Waals surface area contributed by atoms with E-state index in [4.69, 9.17) is 0 Å². The minimum absolute atomic E-state index is 0.0845. The third-order valence-corrected chi connectivity index (χ3v) is 5.24. The van der Waals surface area contributed by atoms with E-state index < -0.39 is 23.4 Å². The number of hydrogen-bond donors (Lipinski definition) is 2. The molecule has 4 rings (SSSR count). The Morgan fingerprint density at radius 3 is 2.57 bits per heavy atom. The topological polar surface area (TPSA) is 92.9 Å². The molecule has 3 aromatic heterocycles. The average Bonchev–Trinajstić information content (AvgIpc) is 2.97. The molecular formula is C20H20F3N5O2. The third-order valence-electron chi connectivity index (χ3n) is 5.24. The molecule has 0 bridgehead atoms. The monoisotopic (exact) mass is 419 g/mol. The molecule has 0 aliphatic heterocycles. The predicted octanol–water partition coefficient (Wildman–Crippen LogP) is 3.81. The first kappa shape index (κ1) is 20.3. The highest BCUT2D eigenvalue weighted by Gasteiger charge is 2.35. The highest BCUT2D eigenvalue weighted by Crippen LogP contribution is 2.38. The zero-order chi connectivity index (χ0) is 21.5. The van der Waals surface area contributed by atoms with Gasteiger partial charge in [0, 0.05) is 12.2 Å². The highest BCUT2D eigenvalue weighted by atomic mass is 19.4. The summed E-state index contributed by atoms with van der Waals surface area (Å²) in [6.45, 7) is 1.47. The van der Waals surface area contributed by atoms with Gasteiger partial charge >= 0.3 is 6.18 Å². The Hall–Kier alpha value is -3.01. The van der Waals surface area contributed by atoms with Crippen LogP contribution in [0.2, 0.25) is 0 Å². The molecule has 7 nitrogen and oxygen atoms in total. The van der Waals surface area contributed by atoms with Gasteiger partial charge in [-0.15, -0.1) is 0 Å². The summed E-state index contributed by atoms with van der Waals surface area (Å²) in [6, 6.07) is 7.05. The van der Waals surface area contributed by atoms with Crippen LogP contribution in [0.15, 0.2) is 36.5 Å². The van der Waals surface area contributed by atoms with Crippen LogP contribution in [-0.4, -0.2) is 30.5 Å². The summed E-state index contributed by atoms with van der Waals surface area (Å²) in [6.07, 6.45) is -0.894. The molecule has 0 aromatic carbocycles. The summed E-state index contributed by atoms with van der Waals surface area (Å²) < 4.78 is 40.9. The normalized spacial score (nSPS) is 16.8. The van der Waals surface area contributed by atoms with Gasteiger partial charge in [-0.2, -0.15) is 13.2 Å². The Balaban J connectivity index is 1.64. The number of carbonyl (C=O) groups is 1. The van der Waals surface area contributed by atoms with Gasteiger partial charge in [0.2, 0.25) is 11.9 Å². The van der Waals surface area contributed by atoms with Crippen molar-refractivity contribution >= 4 is 23.0 Å². The number of imidazole rings is 1. The van der Waals surface area contributed by atoms with Crippen LogP contribution >= 0.6 is 0 Å². The minimum atomic E-state index is -4.58. The van der Waals surface area contributed by atoms with Gasteiger partial charge in [0.1, 0.15) is 16.8 Å². The third kappa shape index (κ3) is 3.87. The van der Waals surface area contributed by atoms with Gasteiger partial charge in [-0.1, -0.05) is 6.07 Å². The van der Waals surface area contributed by atoms with E-state index in [0.29, 0.717) is 5.69 Å². The standard InChI is InChI=1S/C20H20F3N5O2/c1-19(30,14-7-2-3-10-24-14)11-16(29)27-18-25-13-8-9-15(20(21,22)23)26-17(13)28(18)12-5-4-6-12/h2-3,7-10,12,30H,4-6,11H2,1H3,(H,25,27,29)/t19-/m1/s1. The van der Waals surface area contributed by atoms with E-state index in [1.165, 1.54) is 19.2 Å². The molecule has 3 heterocycles. The average molecular weight is 419 g/mol. The Labute approximate surface area is 170 Å². The van der Waals surface area contributed by atoms with E-state index in [2.05, 4.69) is 20.3 Å². The van der Waals surface area contributed by atoms with Gasteiger partial charge in [-0.25, -0.2) is 9.97 Å². The number of aliphatic hydroxyl groups is 1. The van der Waals surface area contributed by atoms with Crippen LogP contribution in [0, 0.1) is 0 Å². The van der Waals surface area contributed by atoms with E-state index in [1.54, 1.807) is 22.8 Å². The second-order valence-electron chi connectivity index (χ2n) is 7.64. The van der Waals surface area contributed by atoms with Gasteiger partial charge in [0.25, 0.3) is 0 Å². The smallest absolute Gasteiger partial charge is 0.383 e. The lowest BCUT2D eigenvalue weighted by Crippen LogP contribution is -2.30. The van der Waals surface area contributed by atoms with Crippen molar-refractivity contribution in [2.45, 2.75) is 50.4 Å². The predicted molar refractivity (Wildman–Crippen MR) is 102 cm³/mol. The number of pyridine rings is 2. The maximum Gasteiger partial charge on any atom is 0.433 e. The van der Waals surface area contributed by atoms with Crippen LogP contribution in [0.3, 0.4) is 0 Å². The van der Waals surface area contributed by atoms with Crippen LogP contribution in [0.1, 0.15) is 50.0 Å². The van der Waals surface area contributed by atoms with Gasteiger partial charge in [0.15, 0.2) is 5.65 Å². The fourth-order valence-corrected chi connectivity index (χ4v) is 3.46. The first-order chi connectivity index (χ1) is 14.1. The summed E-state index contributed by atoms with van der Waals surface area (Å²) in [5, 5.41) is 13.3.